The second-order valence-electron chi connectivity index (χ2n) is 5.63. The van der Waals surface area contributed by atoms with Crippen LogP contribution in [0.3, 0.4) is 0 Å². The van der Waals surface area contributed by atoms with Crippen molar-refractivity contribution >= 4 is 40.6 Å². The van der Waals surface area contributed by atoms with Gasteiger partial charge in [0.25, 0.3) is 11.1 Å². The van der Waals surface area contributed by atoms with E-state index in [0.717, 1.165) is 16.7 Å². The summed E-state index contributed by atoms with van der Waals surface area (Å²) in [6, 6.07) is 10.2. The number of methoxy groups -OCH3 is 2. The average molecular weight is 406 g/mol. The predicted octanol–water partition coefficient (Wildman–Crippen LogP) is 4.30. The summed E-state index contributed by atoms with van der Waals surface area (Å²) in [5.41, 5.74) is 1.25. The van der Waals surface area contributed by atoms with Crippen LogP contribution in [-0.4, -0.2) is 35.4 Å². The molecule has 27 heavy (non-hydrogen) atoms. The van der Waals surface area contributed by atoms with Crippen molar-refractivity contribution in [3.63, 3.8) is 0 Å². The molecule has 1 heterocycles. The molecular formula is C19H16ClNO5S. The Morgan fingerprint density at radius 2 is 1.78 bits per heavy atom. The van der Waals surface area contributed by atoms with Gasteiger partial charge in [-0.2, -0.15) is 0 Å². The molecule has 2 aromatic rings. The molecule has 0 aliphatic carbocycles. The van der Waals surface area contributed by atoms with Crippen molar-refractivity contribution in [3.05, 3.63) is 57.5 Å². The summed E-state index contributed by atoms with van der Waals surface area (Å²) in [5, 5.41) is 10.1. The maximum absolute atomic E-state index is 12.7. The highest BCUT2D eigenvalue weighted by atomic mass is 35.5. The molecule has 0 aromatic heterocycles. The van der Waals surface area contributed by atoms with Crippen LogP contribution < -0.4 is 9.47 Å². The van der Waals surface area contributed by atoms with Crippen LogP contribution in [0.25, 0.3) is 6.08 Å². The van der Waals surface area contributed by atoms with Crippen molar-refractivity contribution in [2.24, 2.45) is 0 Å². The molecule has 6 nitrogen and oxygen atoms in total. The third-order valence-electron chi connectivity index (χ3n) is 3.96. The van der Waals surface area contributed by atoms with Crippen LogP contribution in [-0.2, 0) is 11.3 Å². The molecular weight excluding hydrogens is 390 g/mol. The fraction of sp³-hybridized carbons (Fsp3) is 0.158. The van der Waals surface area contributed by atoms with Gasteiger partial charge in [-0.05, 0) is 47.2 Å². The van der Waals surface area contributed by atoms with Crippen LogP contribution in [0, 0.1) is 0 Å². The SMILES string of the molecule is COc1cc(/C=C2\SC(=O)N(Cc3ccccc3Cl)C2=O)cc(OC)c1O. The number of halogens is 1. The van der Waals surface area contributed by atoms with Gasteiger partial charge in [0.1, 0.15) is 0 Å². The fourth-order valence-corrected chi connectivity index (χ4v) is 3.62. The largest absolute Gasteiger partial charge is 0.502 e. The van der Waals surface area contributed by atoms with Gasteiger partial charge in [0.2, 0.25) is 5.75 Å². The number of aromatic hydroxyl groups is 1. The van der Waals surface area contributed by atoms with Gasteiger partial charge in [-0.3, -0.25) is 14.5 Å². The van der Waals surface area contributed by atoms with Gasteiger partial charge in [-0.15, -0.1) is 0 Å². The number of nitrogens with zero attached hydrogens (tertiary/aromatic N) is 1. The summed E-state index contributed by atoms with van der Waals surface area (Å²) in [7, 11) is 2.82. The molecule has 0 radical (unpaired) electrons. The summed E-state index contributed by atoms with van der Waals surface area (Å²) in [5.74, 6) is -0.133. The van der Waals surface area contributed by atoms with Gasteiger partial charge in [-0.1, -0.05) is 29.8 Å². The third-order valence-corrected chi connectivity index (χ3v) is 5.24. The number of benzene rings is 2. The van der Waals surface area contributed by atoms with Gasteiger partial charge in [0.05, 0.1) is 25.7 Å². The summed E-state index contributed by atoms with van der Waals surface area (Å²) in [6.07, 6.45) is 1.56. The zero-order valence-electron chi connectivity index (χ0n) is 14.6. The fourth-order valence-electron chi connectivity index (χ4n) is 2.58. The Labute approximate surface area is 165 Å². The van der Waals surface area contributed by atoms with Gasteiger partial charge in [0.15, 0.2) is 11.5 Å². The van der Waals surface area contributed by atoms with E-state index in [-0.39, 0.29) is 33.9 Å². The first-order valence-electron chi connectivity index (χ1n) is 7.88. The number of hydrogen-bond acceptors (Lipinski definition) is 6. The summed E-state index contributed by atoms with van der Waals surface area (Å²) < 4.78 is 10.2. The molecule has 0 atom stereocenters. The smallest absolute Gasteiger partial charge is 0.293 e. The quantitative estimate of drug-likeness (QED) is 0.747. The van der Waals surface area contributed by atoms with Crippen molar-refractivity contribution < 1.29 is 24.2 Å². The van der Waals surface area contributed by atoms with E-state index >= 15 is 0 Å². The number of ether oxygens (including phenoxy) is 2. The number of rotatable bonds is 5. The number of phenolic OH excluding ortho intramolecular Hbond substituents is 1. The maximum atomic E-state index is 12.7. The summed E-state index contributed by atoms with van der Waals surface area (Å²) in [6.45, 7) is 0.101. The summed E-state index contributed by atoms with van der Waals surface area (Å²) >= 11 is 6.97. The molecule has 1 fully saturated rings. The Morgan fingerprint density at radius 3 is 2.37 bits per heavy atom. The minimum atomic E-state index is -0.407. The number of hydrogen-bond donors (Lipinski definition) is 1. The Hall–Kier alpha value is -2.64. The summed E-state index contributed by atoms with van der Waals surface area (Å²) in [4.78, 5) is 26.4. The molecule has 0 saturated carbocycles. The molecule has 3 rings (SSSR count). The topological polar surface area (TPSA) is 76.1 Å². The monoisotopic (exact) mass is 405 g/mol. The van der Waals surface area contributed by atoms with E-state index < -0.39 is 5.91 Å². The van der Waals surface area contributed by atoms with Crippen LogP contribution in [0.1, 0.15) is 11.1 Å². The number of amides is 2. The lowest BCUT2D eigenvalue weighted by Crippen LogP contribution is -2.27. The molecule has 2 aromatic carbocycles. The van der Waals surface area contributed by atoms with Gasteiger partial charge in [-0.25, -0.2) is 0 Å². The van der Waals surface area contributed by atoms with E-state index in [1.54, 1.807) is 42.5 Å². The molecule has 1 saturated heterocycles. The Balaban J connectivity index is 1.89. The van der Waals surface area contributed by atoms with Crippen molar-refractivity contribution in [1.29, 1.82) is 0 Å². The second-order valence-corrected chi connectivity index (χ2v) is 7.03. The van der Waals surface area contributed by atoms with E-state index in [1.807, 2.05) is 0 Å². The van der Waals surface area contributed by atoms with E-state index in [0.29, 0.717) is 16.1 Å². The first-order chi connectivity index (χ1) is 12.9. The van der Waals surface area contributed by atoms with Gasteiger partial charge in [0, 0.05) is 5.02 Å². The average Bonchev–Trinajstić information content (AvgIpc) is 2.92. The number of imide groups is 1. The molecule has 0 spiro atoms. The third kappa shape index (κ3) is 3.89. The lowest BCUT2D eigenvalue weighted by molar-refractivity contribution is -0.123. The van der Waals surface area contributed by atoms with Crippen LogP contribution in [0.15, 0.2) is 41.3 Å². The Kier molecular flexibility index (Phi) is 5.62. The highest BCUT2D eigenvalue weighted by Crippen LogP contribution is 2.39. The van der Waals surface area contributed by atoms with Gasteiger partial charge >= 0.3 is 0 Å². The van der Waals surface area contributed by atoms with Crippen molar-refractivity contribution in [3.8, 4) is 17.2 Å². The van der Waals surface area contributed by atoms with Crippen molar-refractivity contribution in [2.45, 2.75) is 6.54 Å². The zero-order valence-corrected chi connectivity index (χ0v) is 16.1. The van der Waals surface area contributed by atoms with Gasteiger partial charge < -0.3 is 14.6 Å². The lowest BCUT2D eigenvalue weighted by Gasteiger charge is -2.13. The molecule has 0 bridgehead atoms. The minimum absolute atomic E-state index is 0.101. The van der Waals surface area contributed by atoms with Crippen LogP contribution in [0.5, 0.6) is 17.2 Å². The van der Waals surface area contributed by atoms with Crippen molar-refractivity contribution in [2.75, 3.05) is 14.2 Å². The van der Waals surface area contributed by atoms with Crippen LogP contribution >= 0.6 is 23.4 Å². The number of carbonyl (C=O) groups is 2. The standard InChI is InChI=1S/C19H16ClNO5S/c1-25-14-7-11(8-15(26-2)17(14)22)9-16-18(23)21(19(24)27-16)10-12-5-3-4-6-13(12)20/h3-9,22H,10H2,1-2H3/b16-9-. The van der Waals surface area contributed by atoms with E-state index in [1.165, 1.54) is 14.2 Å². The molecule has 8 heteroatoms. The zero-order chi connectivity index (χ0) is 19.6. The predicted molar refractivity (Wildman–Crippen MR) is 104 cm³/mol. The maximum Gasteiger partial charge on any atom is 0.293 e. The first-order valence-corrected chi connectivity index (χ1v) is 9.07. The molecule has 2 amide bonds. The normalized spacial score (nSPS) is 15.5. The highest BCUT2D eigenvalue weighted by Gasteiger charge is 2.35. The first kappa shape index (κ1) is 19.1. The number of carbonyl (C=O) groups excluding carboxylic acids is 2. The molecule has 0 unspecified atom stereocenters. The number of thioether (sulfide) groups is 1. The van der Waals surface area contributed by atoms with Crippen LogP contribution in [0.4, 0.5) is 4.79 Å². The Bertz CT molecular complexity index is 918. The van der Waals surface area contributed by atoms with E-state index in [4.69, 9.17) is 21.1 Å². The van der Waals surface area contributed by atoms with E-state index in [9.17, 15) is 14.7 Å². The highest BCUT2D eigenvalue weighted by molar-refractivity contribution is 8.18. The molecule has 140 valence electrons. The lowest BCUT2D eigenvalue weighted by atomic mass is 10.1. The Morgan fingerprint density at radius 1 is 1.15 bits per heavy atom. The van der Waals surface area contributed by atoms with Crippen molar-refractivity contribution in [1.82, 2.24) is 4.90 Å². The number of phenols is 1. The molecule has 1 aliphatic heterocycles. The van der Waals surface area contributed by atoms with E-state index in [2.05, 4.69) is 0 Å². The minimum Gasteiger partial charge on any atom is -0.502 e. The van der Waals surface area contributed by atoms with Crippen LogP contribution in [0.2, 0.25) is 5.02 Å². The second kappa shape index (κ2) is 7.94. The molecule has 1 aliphatic rings. The molecule has 1 N–H and O–H groups in total.